The van der Waals surface area contributed by atoms with E-state index in [0.29, 0.717) is 0 Å². The smallest absolute Gasteiger partial charge is 0.252 e. The second kappa shape index (κ2) is 9.50. The van der Waals surface area contributed by atoms with E-state index in [1.165, 1.54) is 99.7 Å². The third-order valence-electron chi connectivity index (χ3n) is 11.9. The van der Waals surface area contributed by atoms with Gasteiger partial charge in [0.2, 0.25) is 0 Å². The van der Waals surface area contributed by atoms with E-state index in [2.05, 4.69) is 186 Å². The maximum atomic E-state index is 2.57. The summed E-state index contributed by atoms with van der Waals surface area (Å²) in [5.74, 6) is 0. The fourth-order valence-electron chi connectivity index (χ4n) is 9.77. The molecule has 2 aliphatic heterocycles. The van der Waals surface area contributed by atoms with Crippen LogP contribution in [-0.4, -0.2) is 11.1 Å². The van der Waals surface area contributed by atoms with Gasteiger partial charge in [0.25, 0.3) is 6.71 Å². The molecule has 0 amide bonds. The molecule has 0 saturated carbocycles. The van der Waals surface area contributed by atoms with Gasteiger partial charge in [0.05, 0.1) is 22.2 Å². The van der Waals surface area contributed by atoms with Crippen molar-refractivity contribution in [1.82, 2.24) is 4.40 Å². The van der Waals surface area contributed by atoms with Crippen LogP contribution in [0, 0.1) is 0 Å². The molecule has 12 rings (SSSR count). The lowest BCUT2D eigenvalue weighted by Crippen LogP contribution is -2.61. The molecule has 2 aromatic heterocycles. The van der Waals surface area contributed by atoms with E-state index in [9.17, 15) is 0 Å². The molecule has 0 spiro atoms. The predicted molar refractivity (Wildman–Crippen MR) is 217 cm³/mol. The average Bonchev–Trinajstić information content (AvgIpc) is 3.80. The van der Waals surface area contributed by atoms with Crippen LogP contribution in [0.1, 0.15) is 25.0 Å². The lowest BCUT2D eigenvalue weighted by molar-refractivity contribution is 0.684. The largest absolute Gasteiger partial charge is 0.311 e. The van der Waals surface area contributed by atoms with Crippen molar-refractivity contribution in [2.45, 2.75) is 19.3 Å². The topological polar surface area (TPSA) is 10.9 Å². The fourth-order valence-corrected chi connectivity index (χ4v) is 9.77. The van der Waals surface area contributed by atoms with Gasteiger partial charge in [0.15, 0.2) is 0 Å². The zero-order chi connectivity index (χ0) is 33.6. The molecule has 0 atom stereocenters. The Morgan fingerprint density at radius 3 is 1.90 bits per heavy atom. The minimum absolute atomic E-state index is 0.0401. The lowest BCUT2D eigenvalue weighted by Gasteiger charge is -2.44. The molecule has 3 aliphatic rings. The van der Waals surface area contributed by atoms with Gasteiger partial charge in [0.1, 0.15) is 0 Å². The van der Waals surface area contributed by atoms with Crippen LogP contribution in [0.4, 0.5) is 34.1 Å². The number of rotatable bonds is 2. The van der Waals surface area contributed by atoms with Gasteiger partial charge in [-0.1, -0.05) is 117 Å². The van der Waals surface area contributed by atoms with Crippen molar-refractivity contribution in [3.63, 3.8) is 0 Å². The van der Waals surface area contributed by atoms with Crippen LogP contribution < -0.4 is 26.2 Å². The Morgan fingerprint density at radius 2 is 1.16 bits per heavy atom. The Hall–Kier alpha value is -6.26. The van der Waals surface area contributed by atoms with Crippen molar-refractivity contribution in [1.29, 1.82) is 0 Å². The first-order valence-electron chi connectivity index (χ1n) is 18.0. The highest BCUT2D eigenvalue weighted by Crippen LogP contribution is 2.50. The van der Waals surface area contributed by atoms with Crippen LogP contribution in [0.25, 0.3) is 44.2 Å². The summed E-state index contributed by atoms with van der Waals surface area (Å²) in [5.41, 5.74) is 17.9. The molecule has 0 bridgehead atoms. The van der Waals surface area contributed by atoms with Crippen LogP contribution in [-0.2, 0) is 5.41 Å². The number of benzene rings is 7. The molecule has 238 valence electrons. The molecule has 0 radical (unpaired) electrons. The van der Waals surface area contributed by atoms with Crippen LogP contribution in [0.15, 0.2) is 152 Å². The monoisotopic (exact) mass is 649 g/mol. The molecule has 0 unspecified atom stereocenters. The third kappa shape index (κ3) is 3.40. The highest BCUT2D eigenvalue weighted by Gasteiger charge is 2.45. The highest BCUT2D eigenvalue weighted by atomic mass is 15.2. The first-order chi connectivity index (χ1) is 25.1. The molecule has 0 saturated heterocycles. The summed E-state index contributed by atoms with van der Waals surface area (Å²) >= 11 is 0. The quantitative estimate of drug-likeness (QED) is 0.173. The van der Waals surface area contributed by atoms with Crippen molar-refractivity contribution < 1.29 is 0 Å². The van der Waals surface area contributed by atoms with E-state index >= 15 is 0 Å². The Morgan fingerprint density at radius 1 is 0.529 bits per heavy atom. The summed E-state index contributed by atoms with van der Waals surface area (Å²) in [6.45, 7) is 4.74. The van der Waals surface area contributed by atoms with Crippen molar-refractivity contribution in [3.8, 4) is 0 Å². The molecule has 4 heteroatoms. The van der Waals surface area contributed by atoms with E-state index < -0.39 is 0 Å². The summed E-state index contributed by atoms with van der Waals surface area (Å²) in [6.07, 6.45) is 4.70. The van der Waals surface area contributed by atoms with Gasteiger partial charge in [-0.15, -0.1) is 0 Å². The van der Waals surface area contributed by atoms with Gasteiger partial charge in [-0.3, -0.25) is 0 Å². The van der Waals surface area contributed by atoms with E-state index in [4.69, 9.17) is 0 Å². The number of para-hydroxylation sites is 4. The Labute approximate surface area is 296 Å². The predicted octanol–water partition coefficient (Wildman–Crippen LogP) is 10.2. The summed E-state index contributed by atoms with van der Waals surface area (Å²) in [4.78, 5) is 5.08. The van der Waals surface area contributed by atoms with Gasteiger partial charge in [-0.05, 0) is 82.1 Å². The molecular weight excluding hydrogens is 617 g/mol. The normalized spacial score (nSPS) is 15.2. The van der Waals surface area contributed by atoms with Gasteiger partial charge < -0.3 is 14.2 Å². The third-order valence-corrected chi connectivity index (χ3v) is 11.9. The number of allylic oxidation sites excluding steroid dienone is 1. The van der Waals surface area contributed by atoms with Crippen molar-refractivity contribution in [2.75, 3.05) is 9.80 Å². The molecule has 0 fully saturated rings. The van der Waals surface area contributed by atoms with Gasteiger partial charge >= 0.3 is 0 Å². The van der Waals surface area contributed by atoms with Gasteiger partial charge in [0, 0.05) is 55.4 Å². The van der Waals surface area contributed by atoms with E-state index in [1.807, 2.05) is 0 Å². The SMILES string of the molecule is CC1(C)C=Cc2cc3c(cc21)B1c2cc4c5ccccc5n5c6ccccc6c(c2N(c2ccccc2)c2cccc(c21)N3c1ccccc1)c45. The molecule has 9 aromatic rings. The summed E-state index contributed by atoms with van der Waals surface area (Å²) < 4.78 is 2.51. The summed E-state index contributed by atoms with van der Waals surface area (Å²) in [7, 11) is 0. The van der Waals surface area contributed by atoms with Crippen LogP contribution >= 0.6 is 0 Å². The second-order valence-corrected chi connectivity index (χ2v) is 15.0. The minimum Gasteiger partial charge on any atom is -0.311 e. The van der Waals surface area contributed by atoms with E-state index in [1.54, 1.807) is 0 Å². The van der Waals surface area contributed by atoms with Crippen LogP contribution in [0.5, 0.6) is 0 Å². The van der Waals surface area contributed by atoms with Gasteiger partial charge in [-0.2, -0.15) is 0 Å². The van der Waals surface area contributed by atoms with Crippen molar-refractivity contribution in [3.05, 3.63) is 163 Å². The zero-order valence-electron chi connectivity index (χ0n) is 28.4. The Kier molecular flexibility index (Phi) is 5.13. The van der Waals surface area contributed by atoms with Crippen LogP contribution in [0.3, 0.4) is 0 Å². The summed E-state index contributed by atoms with van der Waals surface area (Å²) in [6, 6.07) is 54.4. The fraction of sp³-hybridized carbons (Fsp3) is 0.0638. The van der Waals surface area contributed by atoms with E-state index in [0.717, 1.165) is 0 Å². The molecule has 7 aromatic carbocycles. The minimum atomic E-state index is -0.0420. The molecule has 4 heterocycles. The molecule has 3 nitrogen and oxygen atoms in total. The molecule has 1 aliphatic carbocycles. The Balaban J connectivity index is 1.30. The molecule has 51 heavy (non-hydrogen) atoms. The number of nitrogens with zero attached hydrogens (tertiary/aromatic N) is 3. The number of anilines is 6. The number of hydrogen-bond donors (Lipinski definition) is 0. The molecule has 0 N–H and O–H groups in total. The van der Waals surface area contributed by atoms with Gasteiger partial charge in [-0.25, -0.2) is 0 Å². The zero-order valence-corrected chi connectivity index (χ0v) is 28.4. The lowest BCUT2D eigenvalue weighted by atomic mass is 9.33. The second-order valence-electron chi connectivity index (χ2n) is 15.0. The Bertz CT molecular complexity index is 2960. The van der Waals surface area contributed by atoms with Crippen molar-refractivity contribution in [2.24, 2.45) is 0 Å². The van der Waals surface area contributed by atoms with Crippen LogP contribution in [0.2, 0.25) is 0 Å². The highest BCUT2D eigenvalue weighted by molar-refractivity contribution is 7.00. The molecular formula is C47H32BN3. The number of fused-ring (bicyclic) bond motifs is 12. The standard InChI is InChI=1S/C47H32BN3/c1-47(2)25-24-29-26-42-36(28-35(29)47)48-37-27-34-32-18-9-11-20-38(32)51-39-21-12-10-19-33(39)43(45(34)51)46(37)50(31-16-7-4-8-17-31)41-23-13-22-40(44(41)48)49(42)30-14-5-3-6-15-30/h3-28H,1-2H3. The van der Waals surface area contributed by atoms with E-state index in [-0.39, 0.29) is 12.1 Å². The first-order valence-corrected chi connectivity index (χ1v) is 18.0. The maximum Gasteiger partial charge on any atom is 0.252 e. The number of hydrogen-bond acceptors (Lipinski definition) is 2. The first kappa shape index (κ1) is 27.6. The number of aromatic nitrogens is 1. The average molecular weight is 650 g/mol. The van der Waals surface area contributed by atoms with Crippen molar-refractivity contribution >= 4 is 101 Å². The maximum absolute atomic E-state index is 2.57. The summed E-state index contributed by atoms with van der Waals surface area (Å²) in [5, 5.41) is 5.24.